The first-order valence-electron chi connectivity index (χ1n) is 12.1. The van der Waals surface area contributed by atoms with Crippen molar-refractivity contribution in [3.63, 3.8) is 0 Å². The van der Waals surface area contributed by atoms with Crippen molar-refractivity contribution in [1.29, 1.82) is 0 Å². The van der Waals surface area contributed by atoms with E-state index in [4.69, 9.17) is 4.74 Å². The van der Waals surface area contributed by atoms with Crippen LogP contribution in [0, 0.1) is 11.6 Å². The summed E-state index contributed by atoms with van der Waals surface area (Å²) in [4.78, 5) is 32.3. The quantitative estimate of drug-likeness (QED) is 0.303. The molecular weight excluding hydrogens is 482 g/mol. The van der Waals surface area contributed by atoms with E-state index in [9.17, 15) is 18.4 Å². The molecule has 2 aromatic heterocycles. The van der Waals surface area contributed by atoms with Gasteiger partial charge in [-0.1, -0.05) is 19.9 Å². The Hall–Kier alpha value is -3.99. The summed E-state index contributed by atoms with van der Waals surface area (Å²) in [5.74, 6) is -1.13. The number of hydrogen-bond acceptors (Lipinski definition) is 7. The lowest BCUT2D eigenvalue weighted by Gasteiger charge is -2.17. The minimum atomic E-state index is -1.04. The lowest BCUT2D eigenvalue weighted by molar-refractivity contribution is 0.249. The number of benzene rings is 2. The average Bonchev–Trinajstić information content (AvgIpc) is 2.92. The van der Waals surface area contributed by atoms with Crippen LogP contribution in [0.1, 0.15) is 25.8 Å². The normalized spacial score (nSPS) is 11.4. The Bertz CT molecular complexity index is 1510. The van der Waals surface area contributed by atoms with Crippen LogP contribution in [0.4, 0.5) is 8.78 Å². The molecule has 4 rings (SSSR count). The highest BCUT2D eigenvalue weighted by Crippen LogP contribution is 2.20. The molecule has 0 saturated heterocycles. The van der Waals surface area contributed by atoms with Crippen molar-refractivity contribution in [2.45, 2.75) is 26.8 Å². The molecule has 37 heavy (non-hydrogen) atoms. The Balaban J connectivity index is 1.58. The average molecular weight is 511 g/mol. The van der Waals surface area contributed by atoms with Gasteiger partial charge in [0.1, 0.15) is 5.75 Å². The molecule has 0 aliphatic heterocycles. The van der Waals surface area contributed by atoms with Crippen molar-refractivity contribution in [3.05, 3.63) is 80.5 Å². The predicted octanol–water partition coefficient (Wildman–Crippen LogP) is 2.99. The monoisotopic (exact) mass is 510 g/mol. The van der Waals surface area contributed by atoms with Crippen LogP contribution in [0.5, 0.6) is 5.75 Å². The van der Waals surface area contributed by atoms with Crippen LogP contribution in [0.2, 0.25) is 0 Å². The van der Waals surface area contributed by atoms with Crippen molar-refractivity contribution >= 4 is 11.2 Å². The minimum absolute atomic E-state index is 0.0465. The zero-order valence-corrected chi connectivity index (χ0v) is 20.9. The van der Waals surface area contributed by atoms with Crippen molar-refractivity contribution in [2.75, 3.05) is 26.2 Å². The van der Waals surface area contributed by atoms with E-state index in [-0.39, 0.29) is 23.5 Å². The maximum Gasteiger partial charge on any atom is 0.332 e. The number of aromatic nitrogens is 5. The predicted molar refractivity (Wildman–Crippen MR) is 136 cm³/mol. The molecule has 2 aromatic carbocycles. The Morgan fingerprint density at radius 1 is 0.973 bits per heavy atom. The van der Waals surface area contributed by atoms with Gasteiger partial charge in [-0.05, 0) is 61.5 Å². The molecule has 4 aromatic rings. The Morgan fingerprint density at radius 3 is 2.38 bits per heavy atom. The van der Waals surface area contributed by atoms with Gasteiger partial charge >= 0.3 is 5.69 Å². The lowest BCUT2D eigenvalue weighted by atomic mass is 10.2. The molecule has 0 fully saturated rings. The van der Waals surface area contributed by atoms with Gasteiger partial charge in [-0.3, -0.25) is 13.9 Å². The van der Waals surface area contributed by atoms with Gasteiger partial charge in [-0.15, -0.1) is 10.2 Å². The third kappa shape index (κ3) is 5.72. The molecule has 2 heterocycles. The Labute approximate surface area is 212 Å². The number of halogens is 2. The van der Waals surface area contributed by atoms with Crippen LogP contribution in [-0.2, 0) is 13.6 Å². The summed E-state index contributed by atoms with van der Waals surface area (Å²) in [7, 11) is 1.32. The third-order valence-electron chi connectivity index (χ3n) is 6.17. The fourth-order valence-corrected chi connectivity index (χ4v) is 3.97. The van der Waals surface area contributed by atoms with Crippen molar-refractivity contribution in [2.24, 2.45) is 7.05 Å². The first kappa shape index (κ1) is 26.1. The second-order valence-electron chi connectivity index (χ2n) is 8.54. The van der Waals surface area contributed by atoms with Crippen LogP contribution in [-0.4, -0.2) is 55.5 Å². The van der Waals surface area contributed by atoms with E-state index in [2.05, 4.69) is 33.9 Å². The summed E-state index contributed by atoms with van der Waals surface area (Å²) < 4.78 is 34.9. The molecule has 0 aliphatic carbocycles. The molecule has 0 radical (unpaired) electrons. The maximum absolute atomic E-state index is 13.7. The summed E-state index contributed by atoms with van der Waals surface area (Å²) >= 11 is 0. The molecular formula is C26H28F2N6O3. The van der Waals surface area contributed by atoms with E-state index in [0.29, 0.717) is 23.5 Å². The van der Waals surface area contributed by atoms with E-state index in [1.807, 2.05) is 0 Å². The van der Waals surface area contributed by atoms with E-state index in [1.165, 1.54) is 13.1 Å². The van der Waals surface area contributed by atoms with Crippen molar-refractivity contribution in [1.82, 2.24) is 29.2 Å². The fraction of sp³-hybridized carbons (Fsp3) is 0.346. The van der Waals surface area contributed by atoms with Gasteiger partial charge in [0.25, 0.3) is 5.56 Å². The number of ether oxygens (including phenoxy) is 1. The highest BCUT2D eigenvalue weighted by Gasteiger charge is 2.17. The van der Waals surface area contributed by atoms with Crippen molar-refractivity contribution in [3.8, 4) is 17.1 Å². The summed E-state index contributed by atoms with van der Waals surface area (Å²) in [6.07, 6.45) is 0.913. The van der Waals surface area contributed by atoms with Gasteiger partial charge in [0.05, 0.1) is 13.2 Å². The maximum atomic E-state index is 13.7. The largest absolute Gasteiger partial charge is 0.494 e. The second-order valence-corrected chi connectivity index (χ2v) is 8.54. The first-order valence-corrected chi connectivity index (χ1v) is 12.1. The Morgan fingerprint density at radius 2 is 1.70 bits per heavy atom. The van der Waals surface area contributed by atoms with Crippen molar-refractivity contribution < 1.29 is 13.5 Å². The van der Waals surface area contributed by atoms with E-state index >= 15 is 0 Å². The topological polar surface area (TPSA) is 95.1 Å². The SMILES string of the molecule is CCN(CC)CCCOc1ccc(-c2nnc3c(n2)c(=O)n(C)c(=O)n3Cc2ccc(F)c(F)c2)cc1. The standard InChI is InChI=1S/C26H28F2N6O3/c1-4-33(5-2)13-6-14-37-19-10-8-18(9-11-19)23-29-22-24(31-30-23)34(26(36)32(3)25(22)35)16-17-7-12-20(27)21(28)15-17/h7-12,15H,4-6,13-14,16H2,1-3H3. The van der Waals surface area contributed by atoms with E-state index in [1.54, 1.807) is 24.3 Å². The van der Waals surface area contributed by atoms with Crippen LogP contribution in [0.25, 0.3) is 22.6 Å². The van der Waals surface area contributed by atoms with E-state index in [0.717, 1.165) is 47.3 Å². The third-order valence-corrected chi connectivity index (χ3v) is 6.17. The lowest BCUT2D eigenvalue weighted by Crippen LogP contribution is -2.39. The van der Waals surface area contributed by atoms with Crippen LogP contribution < -0.4 is 16.0 Å². The molecule has 0 spiro atoms. The van der Waals surface area contributed by atoms with Crippen LogP contribution >= 0.6 is 0 Å². The van der Waals surface area contributed by atoms with Gasteiger partial charge in [-0.2, -0.15) is 0 Å². The van der Waals surface area contributed by atoms with Gasteiger partial charge < -0.3 is 9.64 Å². The zero-order chi connectivity index (χ0) is 26.5. The van der Waals surface area contributed by atoms with Crippen LogP contribution in [0.15, 0.2) is 52.1 Å². The van der Waals surface area contributed by atoms with Crippen LogP contribution in [0.3, 0.4) is 0 Å². The number of rotatable bonds is 10. The smallest absolute Gasteiger partial charge is 0.332 e. The molecule has 9 nitrogen and oxygen atoms in total. The summed E-state index contributed by atoms with van der Waals surface area (Å²) in [6, 6.07) is 10.4. The molecule has 0 unspecified atom stereocenters. The van der Waals surface area contributed by atoms with E-state index < -0.39 is 22.9 Å². The molecule has 0 bridgehead atoms. The first-order chi connectivity index (χ1) is 17.8. The zero-order valence-electron chi connectivity index (χ0n) is 20.9. The van der Waals surface area contributed by atoms with Gasteiger partial charge in [0.2, 0.25) is 0 Å². The second kappa shape index (κ2) is 11.4. The highest BCUT2D eigenvalue weighted by atomic mass is 19.2. The summed E-state index contributed by atoms with van der Waals surface area (Å²) in [5.41, 5.74) is -0.481. The highest BCUT2D eigenvalue weighted by molar-refractivity contribution is 5.71. The number of hydrogen-bond donors (Lipinski definition) is 0. The molecule has 0 atom stereocenters. The number of fused-ring (bicyclic) bond motifs is 1. The fourth-order valence-electron chi connectivity index (χ4n) is 3.97. The minimum Gasteiger partial charge on any atom is -0.494 e. The number of nitrogens with zero attached hydrogens (tertiary/aromatic N) is 6. The van der Waals surface area contributed by atoms with Gasteiger partial charge in [0.15, 0.2) is 28.6 Å². The van der Waals surface area contributed by atoms with Gasteiger partial charge in [0, 0.05) is 19.2 Å². The van der Waals surface area contributed by atoms with Gasteiger partial charge in [-0.25, -0.2) is 18.6 Å². The molecule has 11 heteroatoms. The molecule has 194 valence electrons. The molecule has 0 aliphatic rings. The molecule has 0 amide bonds. The summed E-state index contributed by atoms with van der Waals surface area (Å²) in [6.45, 7) is 7.71. The Kier molecular flexibility index (Phi) is 8.02. The summed E-state index contributed by atoms with van der Waals surface area (Å²) in [5, 5.41) is 8.22. The molecule has 0 saturated carbocycles. The molecule has 0 N–H and O–H groups in total.